The minimum atomic E-state index is -0.0733. The third-order valence-electron chi connectivity index (χ3n) is 4.83. The van der Waals surface area contributed by atoms with E-state index in [1.807, 2.05) is 22.8 Å². The highest BCUT2D eigenvalue weighted by Gasteiger charge is 2.31. The van der Waals surface area contributed by atoms with Gasteiger partial charge < -0.3 is 10.2 Å². The number of rotatable bonds is 3. The van der Waals surface area contributed by atoms with E-state index in [9.17, 15) is 4.79 Å². The van der Waals surface area contributed by atoms with Gasteiger partial charge in [-0.25, -0.2) is 4.98 Å². The first-order valence-electron chi connectivity index (χ1n) is 8.83. The summed E-state index contributed by atoms with van der Waals surface area (Å²) in [6, 6.07) is 0. The molecule has 0 radical (unpaired) electrons. The summed E-state index contributed by atoms with van der Waals surface area (Å²) >= 11 is 0. The molecule has 25 heavy (non-hydrogen) atoms. The Hall–Kier alpha value is -2.28. The predicted octanol–water partition coefficient (Wildman–Crippen LogP) is 1.58. The molecule has 0 unspecified atom stereocenters. The van der Waals surface area contributed by atoms with Crippen molar-refractivity contribution in [3.05, 3.63) is 30.0 Å². The molecule has 1 aliphatic heterocycles. The number of carbonyl (C=O) groups excluding carboxylic acids is 1. The zero-order valence-corrected chi connectivity index (χ0v) is 15.0. The van der Waals surface area contributed by atoms with E-state index in [0.717, 1.165) is 23.5 Å². The van der Waals surface area contributed by atoms with Gasteiger partial charge in [0.15, 0.2) is 0 Å². The molecule has 2 fully saturated rings. The van der Waals surface area contributed by atoms with Gasteiger partial charge in [0, 0.05) is 49.9 Å². The third-order valence-corrected chi connectivity index (χ3v) is 4.83. The average molecular weight is 340 g/mol. The van der Waals surface area contributed by atoms with E-state index in [4.69, 9.17) is 0 Å². The van der Waals surface area contributed by atoms with Gasteiger partial charge in [-0.1, -0.05) is 0 Å². The Labute approximate surface area is 147 Å². The van der Waals surface area contributed by atoms with Gasteiger partial charge in [-0.15, -0.1) is 0 Å². The second-order valence-electron chi connectivity index (χ2n) is 7.70. The molecular formula is C18H24N6O. The molecule has 3 heterocycles. The molecule has 7 heteroatoms. The van der Waals surface area contributed by atoms with Crippen LogP contribution in [0.1, 0.15) is 48.8 Å². The van der Waals surface area contributed by atoms with E-state index < -0.39 is 0 Å². The van der Waals surface area contributed by atoms with Crippen LogP contribution in [0.4, 0.5) is 0 Å². The smallest absolute Gasteiger partial charge is 0.274 e. The van der Waals surface area contributed by atoms with Crippen molar-refractivity contribution in [1.29, 1.82) is 0 Å². The molecule has 1 saturated carbocycles. The van der Waals surface area contributed by atoms with Crippen LogP contribution in [0.25, 0.3) is 11.3 Å². The molecule has 132 valence electrons. The van der Waals surface area contributed by atoms with Crippen molar-refractivity contribution in [2.75, 3.05) is 19.6 Å². The lowest BCUT2D eigenvalue weighted by Crippen LogP contribution is -2.58. The number of aryl methyl sites for hydroxylation is 1. The van der Waals surface area contributed by atoms with Crippen LogP contribution in [0.15, 0.2) is 18.6 Å². The summed E-state index contributed by atoms with van der Waals surface area (Å²) in [6.45, 7) is 6.36. The molecule has 2 aromatic rings. The molecule has 1 N–H and O–H groups in total. The molecule has 1 amide bonds. The topological polar surface area (TPSA) is 75.9 Å². The lowest BCUT2D eigenvalue weighted by Gasteiger charge is -2.38. The molecule has 2 aromatic heterocycles. The molecule has 4 rings (SSSR count). The van der Waals surface area contributed by atoms with Gasteiger partial charge in [0.1, 0.15) is 5.69 Å². The minimum Gasteiger partial charge on any atom is -0.334 e. The van der Waals surface area contributed by atoms with Crippen LogP contribution in [-0.2, 0) is 7.05 Å². The van der Waals surface area contributed by atoms with Crippen molar-refractivity contribution in [2.24, 2.45) is 7.05 Å². The molecular weight excluding hydrogens is 316 g/mol. The van der Waals surface area contributed by atoms with Gasteiger partial charge in [-0.05, 0) is 26.7 Å². The van der Waals surface area contributed by atoms with Crippen molar-refractivity contribution in [3.8, 4) is 11.3 Å². The summed E-state index contributed by atoms with van der Waals surface area (Å²) in [6.07, 6.45) is 7.65. The average Bonchev–Trinajstić information content (AvgIpc) is 3.35. The standard InChI is InChI=1S/C18H24N6O/c1-18(2)11-24(7-6-21-18)17(25)15-9-19-14(8-20-15)13-10-23(3)22-16(13)12-4-5-12/h8-10,12,21H,4-7,11H2,1-3H3. The molecule has 0 aromatic carbocycles. The van der Waals surface area contributed by atoms with Gasteiger partial charge in [0.25, 0.3) is 5.91 Å². The van der Waals surface area contributed by atoms with Crippen molar-refractivity contribution in [3.63, 3.8) is 0 Å². The maximum Gasteiger partial charge on any atom is 0.274 e. The van der Waals surface area contributed by atoms with Gasteiger partial charge in [-0.3, -0.25) is 14.5 Å². The summed E-state index contributed by atoms with van der Waals surface area (Å²) in [5.74, 6) is 0.490. The first-order valence-corrected chi connectivity index (χ1v) is 8.83. The van der Waals surface area contributed by atoms with Crippen molar-refractivity contribution < 1.29 is 4.79 Å². The number of nitrogens with one attached hydrogen (secondary N) is 1. The van der Waals surface area contributed by atoms with Crippen LogP contribution in [-0.4, -0.2) is 55.7 Å². The van der Waals surface area contributed by atoms with Gasteiger partial charge >= 0.3 is 0 Å². The van der Waals surface area contributed by atoms with Crippen LogP contribution < -0.4 is 5.32 Å². The summed E-state index contributed by atoms with van der Waals surface area (Å²) in [5.41, 5.74) is 3.24. The Bertz CT molecular complexity index is 790. The number of hydrogen-bond acceptors (Lipinski definition) is 5. The second-order valence-corrected chi connectivity index (χ2v) is 7.70. The lowest BCUT2D eigenvalue weighted by molar-refractivity contribution is 0.0646. The maximum atomic E-state index is 12.7. The lowest BCUT2D eigenvalue weighted by atomic mass is 10.0. The number of carbonyl (C=O) groups is 1. The molecule has 1 saturated heterocycles. The van der Waals surface area contributed by atoms with Crippen molar-refractivity contribution >= 4 is 5.91 Å². The number of nitrogens with zero attached hydrogens (tertiary/aromatic N) is 5. The largest absolute Gasteiger partial charge is 0.334 e. The van der Waals surface area contributed by atoms with Gasteiger partial charge in [0.2, 0.25) is 0 Å². The predicted molar refractivity (Wildman–Crippen MR) is 94.2 cm³/mol. The Balaban J connectivity index is 1.55. The van der Waals surface area contributed by atoms with E-state index >= 15 is 0 Å². The van der Waals surface area contributed by atoms with Crippen LogP contribution in [0.2, 0.25) is 0 Å². The zero-order valence-electron chi connectivity index (χ0n) is 15.0. The second kappa shape index (κ2) is 5.91. The monoisotopic (exact) mass is 340 g/mol. The van der Waals surface area contributed by atoms with Gasteiger partial charge in [-0.2, -0.15) is 5.10 Å². The first-order chi connectivity index (χ1) is 11.9. The van der Waals surface area contributed by atoms with Crippen LogP contribution in [0, 0.1) is 0 Å². The summed E-state index contributed by atoms with van der Waals surface area (Å²) < 4.78 is 1.83. The highest BCUT2D eigenvalue weighted by atomic mass is 16.2. The SMILES string of the molecule is Cn1cc(-c2cnc(C(=O)N3CCNC(C)(C)C3)cn2)c(C2CC2)n1. The highest BCUT2D eigenvalue weighted by molar-refractivity contribution is 5.92. The number of hydrogen-bond donors (Lipinski definition) is 1. The fraction of sp³-hybridized carbons (Fsp3) is 0.556. The quantitative estimate of drug-likeness (QED) is 0.918. The van der Waals surface area contributed by atoms with E-state index in [2.05, 4.69) is 34.2 Å². The summed E-state index contributed by atoms with van der Waals surface area (Å²) in [7, 11) is 1.92. The van der Waals surface area contributed by atoms with Crippen molar-refractivity contribution in [2.45, 2.75) is 38.1 Å². The fourth-order valence-electron chi connectivity index (χ4n) is 3.42. The summed E-state index contributed by atoms with van der Waals surface area (Å²) in [4.78, 5) is 23.5. The normalized spacial score (nSPS) is 19.9. The van der Waals surface area contributed by atoms with E-state index in [1.165, 1.54) is 12.8 Å². The first kappa shape index (κ1) is 16.2. The maximum absolute atomic E-state index is 12.7. The molecule has 0 bridgehead atoms. The van der Waals surface area contributed by atoms with Crippen molar-refractivity contribution in [1.82, 2.24) is 30.0 Å². The van der Waals surface area contributed by atoms with Crippen LogP contribution in [0.3, 0.4) is 0 Å². The molecule has 0 spiro atoms. The Kier molecular flexibility index (Phi) is 3.83. The number of piperazine rings is 1. The molecule has 7 nitrogen and oxygen atoms in total. The number of amides is 1. The number of aromatic nitrogens is 4. The Morgan fingerprint density at radius 3 is 2.72 bits per heavy atom. The fourth-order valence-corrected chi connectivity index (χ4v) is 3.42. The third kappa shape index (κ3) is 3.28. The van der Waals surface area contributed by atoms with Gasteiger partial charge in [0.05, 0.1) is 23.8 Å². The van der Waals surface area contributed by atoms with Crippen LogP contribution >= 0.6 is 0 Å². The Morgan fingerprint density at radius 1 is 1.28 bits per heavy atom. The molecule has 2 aliphatic rings. The Morgan fingerprint density at radius 2 is 2.08 bits per heavy atom. The zero-order chi connectivity index (χ0) is 17.6. The summed E-state index contributed by atoms with van der Waals surface area (Å²) in [5, 5.41) is 7.97. The minimum absolute atomic E-state index is 0.0535. The molecule has 1 aliphatic carbocycles. The highest BCUT2D eigenvalue weighted by Crippen LogP contribution is 2.43. The van der Waals surface area contributed by atoms with E-state index in [1.54, 1.807) is 12.4 Å². The van der Waals surface area contributed by atoms with E-state index in [0.29, 0.717) is 24.7 Å². The molecule has 0 atom stereocenters. The van der Waals surface area contributed by atoms with E-state index in [-0.39, 0.29) is 11.4 Å². The van der Waals surface area contributed by atoms with Crippen LogP contribution in [0.5, 0.6) is 0 Å².